The quantitative estimate of drug-likeness (QED) is 0.802. The zero-order valence-electron chi connectivity index (χ0n) is 11.4. The number of amides is 1. The summed E-state index contributed by atoms with van der Waals surface area (Å²) in [5, 5.41) is 2.80. The van der Waals surface area contributed by atoms with Crippen molar-refractivity contribution in [1.29, 1.82) is 0 Å². The number of anilines is 1. The van der Waals surface area contributed by atoms with Crippen LogP contribution in [0, 0.1) is 0 Å². The Labute approximate surface area is 109 Å². The van der Waals surface area contributed by atoms with Gasteiger partial charge in [-0.25, -0.2) is 9.97 Å². The molecule has 5 heteroatoms. The lowest BCUT2D eigenvalue weighted by Gasteiger charge is -2.16. The molecule has 0 unspecified atom stereocenters. The molecular formula is C13H22N4O. The van der Waals surface area contributed by atoms with Gasteiger partial charge in [0.2, 0.25) is 5.95 Å². The summed E-state index contributed by atoms with van der Waals surface area (Å²) >= 11 is 0. The predicted molar refractivity (Wildman–Crippen MR) is 72.8 cm³/mol. The zero-order chi connectivity index (χ0) is 13.4. The van der Waals surface area contributed by atoms with E-state index < -0.39 is 0 Å². The summed E-state index contributed by atoms with van der Waals surface area (Å²) < 4.78 is 0. The normalized spacial score (nSPS) is 10.2. The molecule has 1 N–H and O–H groups in total. The first-order valence-electron chi connectivity index (χ1n) is 6.50. The SMILES string of the molecule is CCCCN(C)c1ncc(C(=O)NCCC)cn1. The van der Waals surface area contributed by atoms with Gasteiger partial charge in [-0.3, -0.25) is 4.79 Å². The molecule has 1 aromatic heterocycles. The third kappa shape index (κ3) is 4.31. The molecule has 0 aliphatic rings. The zero-order valence-corrected chi connectivity index (χ0v) is 11.4. The lowest BCUT2D eigenvalue weighted by Crippen LogP contribution is -2.25. The topological polar surface area (TPSA) is 58.1 Å². The van der Waals surface area contributed by atoms with Crippen molar-refractivity contribution in [3.05, 3.63) is 18.0 Å². The largest absolute Gasteiger partial charge is 0.352 e. The number of carbonyl (C=O) groups is 1. The minimum atomic E-state index is -0.111. The summed E-state index contributed by atoms with van der Waals surface area (Å²) in [7, 11) is 1.96. The molecule has 5 nitrogen and oxygen atoms in total. The van der Waals surface area contributed by atoms with Gasteiger partial charge in [-0.15, -0.1) is 0 Å². The highest BCUT2D eigenvalue weighted by Gasteiger charge is 2.08. The molecule has 0 saturated heterocycles. The van der Waals surface area contributed by atoms with Crippen molar-refractivity contribution < 1.29 is 4.79 Å². The van der Waals surface area contributed by atoms with Gasteiger partial charge in [0, 0.05) is 32.5 Å². The van der Waals surface area contributed by atoms with Crippen LogP contribution in [0.1, 0.15) is 43.5 Å². The average Bonchev–Trinajstić information content (AvgIpc) is 2.42. The van der Waals surface area contributed by atoms with E-state index in [9.17, 15) is 4.79 Å². The first-order chi connectivity index (χ1) is 8.69. The maximum Gasteiger partial charge on any atom is 0.254 e. The van der Waals surface area contributed by atoms with Crippen LogP contribution in [0.5, 0.6) is 0 Å². The fourth-order valence-corrected chi connectivity index (χ4v) is 1.47. The van der Waals surface area contributed by atoms with E-state index in [2.05, 4.69) is 22.2 Å². The van der Waals surface area contributed by atoms with E-state index in [4.69, 9.17) is 0 Å². The highest BCUT2D eigenvalue weighted by molar-refractivity contribution is 5.93. The van der Waals surface area contributed by atoms with Crippen LogP contribution in [0.3, 0.4) is 0 Å². The van der Waals surface area contributed by atoms with Crippen molar-refractivity contribution in [2.45, 2.75) is 33.1 Å². The van der Waals surface area contributed by atoms with Crippen LogP contribution in [-0.4, -0.2) is 36.0 Å². The van der Waals surface area contributed by atoms with Crippen LogP contribution in [0.15, 0.2) is 12.4 Å². The van der Waals surface area contributed by atoms with Gasteiger partial charge >= 0.3 is 0 Å². The molecule has 0 spiro atoms. The van der Waals surface area contributed by atoms with Crippen LogP contribution >= 0.6 is 0 Å². The molecule has 0 aromatic carbocycles. The van der Waals surface area contributed by atoms with Gasteiger partial charge in [0.25, 0.3) is 5.91 Å². The van der Waals surface area contributed by atoms with E-state index in [-0.39, 0.29) is 5.91 Å². The molecule has 1 heterocycles. The fourth-order valence-electron chi connectivity index (χ4n) is 1.47. The number of hydrogen-bond donors (Lipinski definition) is 1. The molecule has 0 aliphatic heterocycles. The predicted octanol–water partition coefficient (Wildman–Crippen LogP) is 1.85. The summed E-state index contributed by atoms with van der Waals surface area (Å²) in [6, 6.07) is 0. The van der Waals surface area contributed by atoms with Gasteiger partial charge in [-0.2, -0.15) is 0 Å². The smallest absolute Gasteiger partial charge is 0.254 e. The molecule has 0 aliphatic carbocycles. The second kappa shape index (κ2) is 7.63. The average molecular weight is 250 g/mol. The summed E-state index contributed by atoms with van der Waals surface area (Å²) in [5.74, 6) is 0.551. The van der Waals surface area contributed by atoms with E-state index >= 15 is 0 Å². The Hall–Kier alpha value is -1.65. The van der Waals surface area contributed by atoms with Gasteiger partial charge in [-0.05, 0) is 12.8 Å². The van der Waals surface area contributed by atoms with E-state index in [0.29, 0.717) is 18.1 Å². The van der Waals surface area contributed by atoms with Crippen molar-refractivity contribution in [2.75, 3.05) is 25.0 Å². The highest BCUT2D eigenvalue weighted by Crippen LogP contribution is 2.06. The van der Waals surface area contributed by atoms with Gasteiger partial charge in [-0.1, -0.05) is 20.3 Å². The standard InChI is InChI=1S/C13H22N4O/c1-4-6-8-17(3)13-15-9-11(10-16-13)12(18)14-7-5-2/h9-10H,4-8H2,1-3H3,(H,14,18). The van der Waals surface area contributed by atoms with Crippen LogP contribution in [-0.2, 0) is 0 Å². The second-order valence-electron chi connectivity index (χ2n) is 4.30. The monoisotopic (exact) mass is 250 g/mol. The van der Waals surface area contributed by atoms with Gasteiger partial charge in [0.1, 0.15) is 0 Å². The Morgan fingerprint density at radius 2 is 1.94 bits per heavy atom. The summed E-state index contributed by atoms with van der Waals surface area (Å²) in [5.41, 5.74) is 0.510. The Morgan fingerprint density at radius 1 is 1.28 bits per heavy atom. The van der Waals surface area contributed by atoms with Gasteiger partial charge in [0.15, 0.2) is 0 Å². The maximum absolute atomic E-state index is 11.7. The lowest BCUT2D eigenvalue weighted by molar-refractivity contribution is 0.0953. The molecule has 0 saturated carbocycles. The first kappa shape index (κ1) is 14.4. The minimum Gasteiger partial charge on any atom is -0.352 e. The van der Waals surface area contributed by atoms with Crippen molar-refractivity contribution >= 4 is 11.9 Å². The Balaban J connectivity index is 2.59. The Kier molecular flexibility index (Phi) is 6.11. The number of aromatic nitrogens is 2. The van der Waals surface area contributed by atoms with Crippen LogP contribution in [0.25, 0.3) is 0 Å². The molecule has 100 valence electrons. The Bertz CT molecular complexity index is 364. The van der Waals surface area contributed by atoms with E-state index in [1.54, 1.807) is 12.4 Å². The second-order valence-corrected chi connectivity index (χ2v) is 4.30. The highest BCUT2D eigenvalue weighted by atomic mass is 16.1. The van der Waals surface area contributed by atoms with Crippen LogP contribution in [0.2, 0.25) is 0 Å². The Morgan fingerprint density at radius 3 is 2.50 bits per heavy atom. The van der Waals surface area contributed by atoms with Crippen molar-refractivity contribution in [2.24, 2.45) is 0 Å². The number of unbranched alkanes of at least 4 members (excludes halogenated alkanes) is 1. The van der Waals surface area contributed by atoms with Crippen molar-refractivity contribution in [3.8, 4) is 0 Å². The molecular weight excluding hydrogens is 228 g/mol. The summed E-state index contributed by atoms with van der Waals surface area (Å²) in [4.78, 5) is 22.1. The third-order valence-corrected chi connectivity index (χ3v) is 2.62. The molecule has 0 atom stereocenters. The van der Waals surface area contributed by atoms with E-state index in [1.807, 2.05) is 18.9 Å². The van der Waals surface area contributed by atoms with E-state index in [0.717, 1.165) is 25.8 Å². The fraction of sp³-hybridized carbons (Fsp3) is 0.615. The van der Waals surface area contributed by atoms with Crippen molar-refractivity contribution in [3.63, 3.8) is 0 Å². The molecule has 1 amide bonds. The summed E-state index contributed by atoms with van der Waals surface area (Å²) in [6.07, 6.45) is 6.33. The number of hydrogen-bond acceptors (Lipinski definition) is 4. The van der Waals surface area contributed by atoms with Gasteiger partial charge in [0.05, 0.1) is 5.56 Å². The van der Waals surface area contributed by atoms with Crippen molar-refractivity contribution in [1.82, 2.24) is 15.3 Å². The molecule has 18 heavy (non-hydrogen) atoms. The third-order valence-electron chi connectivity index (χ3n) is 2.62. The lowest BCUT2D eigenvalue weighted by atomic mass is 10.3. The molecule has 0 fully saturated rings. The number of carbonyl (C=O) groups excluding carboxylic acids is 1. The molecule has 0 bridgehead atoms. The molecule has 1 rings (SSSR count). The van der Waals surface area contributed by atoms with Gasteiger partial charge < -0.3 is 10.2 Å². The molecule has 0 radical (unpaired) electrons. The first-order valence-corrected chi connectivity index (χ1v) is 6.50. The number of nitrogens with zero attached hydrogens (tertiary/aromatic N) is 3. The van der Waals surface area contributed by atoms with E-state index in [1.165, 1.54) is 0 Å². The summed E-state index contributed by atoms with van der Waals surface area (Å²) in [6.45, 7) is 5.77. The number of rotatable bonds is 7. The minimum absolute atomic E-state index is 0.111. The maximum atomic E-state index is 11.7. The van der Waals surface area contributed by atoms with Crippen LogP contribution in [0.4, 0.5) is 5.95 Å². The van der Waals surface area contributed by atoms with Crippen LogP contribution < -0.4 is 10.2 Å². The number of nitrogens with one attached hydrogen (secondary N) is 1. The molecule has 1 aromatic rings.